The number of hydrogen-bond donors (Lipinski definition) is 0. The molecule has 0 heterocycles. The lowest BCUT2D eigenvalue weighted by Gasteiger charge is -2.19. The number of carbonyl (C=O) groups excluding carboxylic acids is 1. The summed E-state index contributed by atoms with van der Waals surface area (Å²) in [6.07, 6.45) is 2.72. The normalized spacial score (nSPS) is 20.1. The van der Waals surface area contributed by atoms with Crippen LogP contribution >= 0.6 is 0 Å². The summed E-state index contributed by atoms with van der Waals surface area (Å²) in [4.78, 5) is 11.7. The highest BCUT2D eigenvalue weighted by Gasteiger charge is 2.18. The highest BCUT2D eigenvalue weighted by Crippen LogP contribution is 2.22. The Kier molecular flexibility index (Phi) is 3.34. The first-order valence-corrected chi connectivity index (χ1v) is 5.36. The van der Waals surface area contributed by atoms with Gasteiger partial charge in [0.2, 0.25) is 0 Å². The summed E-state index contributed by atoms with van der Waals surface area (Å²) in [5.74, 6) is -0.437. The summed E-state index contributed by atoms with van der Waals surface area (Å²) in [7, 11) is 0. The van der Waals surface area contributed by atoms with Crippen molar-refractivity contribution in [2.75, 3.05) is 0 Å². The van der Waals surface area contributed by atoms with Crippen molar-refractivity contribution < 1.29 is 13.9 Å². The first-order chi connectivity index (χ1) is 7.75. The minimum atomic E-state index is -0.332. The van der Waals surface area contributed by atoms with Gasteiger partial charge in [-0.05, 0) is 24.6 Å². The van der Waals surface area contributed by atoms with E-state index in [1.54, 1.807) is 24.3 Å². The highest BCUT2D eigenvalue weighted by atomic mass is 19.1. The molecular formula is C13H13FO2. The van der Waals surface area contributed by atoms with E-state index in [1.807, 2.05) is 6.07 Å². The molecule has 0 fully saturated rings. The molecule has 1 unspecified atom stereocenters. The predicted octanol–water partition coefficient (Wildman–Crippen LogP) is 3.25. The average molecular weight is 220 g/mol. The highest BCUT2D eigenvalue weighted by molar-refractivity contribution is 5.89. The number of carbonyl (C=O) groups is 1. The molecule has 3 heteroatoms. The van der Waals surface area contributed by atoms with Gasteiger partial charge in [-0.25, -0.2) is 9.18 Å². The second-order valence-corrected chi connectivity index (χ2v) is 3.82. The Morgan fingerprint density at radius 3 is 2.69 bits per heavy atom. The SMILES string of the molecule is O=C(OC1CC=C(F)CC1)c1ccccc1. The zero-order valence-corrected chi connectivity index (χ0v) is 8.86. The van der Waals surface area contributed by atoms with Gasteiger partial charge in [0, 0.05) is 12.8 Å². The zero-order chi connectivity index (χ0) is 11.4. The molecule has 1 aliphatic rings. The van der Waals surface area contributed by atoms with E-state index in [9.17, 15) is 9.18 Å². The van der Waals surface area contributed by atoms with Crippen molar-refractivity contribution in [2.45, 2.75) is 25.4 Å². The Bertz CT molecular complexity index is 398. The molecule has 2 rings (SSSR count). The number of allylic oxidation sites excluding steroid dienone is 1. The van der Waals surface area contributed by atoms with E-state index in [4.69, 9.17) is 4.74 Å². The molecule has 0 saturated carbocycles. The molecule has 1 aromatic rings. The Labute approximate surface area is 93.7 Å². The molecule has 0 aromatic heterocycles. The minimum Gasteiger partial charge on any atom is -0.458 e. The molecule has 16 heavy (non-hydrogen) atoms. The molecule has 1 aliphatic carbocycles. The lowest BCUT2D eigenvalue weighted by atomic mass is 10.0. The van der Waals surface area contributed by atoms with E-state index < -0.39 is 0 Å². The van der Waals surface area contributed by atoms with E-state index in [0.717, 1.165) is 0 Å². The van der Waals surface area contributed by atoms with Gasteiger partial charge in [-0.3, -0.25) is 0 Å². The van der Waals surface area contributed by atoms with Gasteiger partial charge in [0.25, 0.3) is 0 Å². The molecule has 0 bridgehead atoms. The Balaban J connectivity index is 1.94. The monoisotopic (exact) mass is 220 g/mol. The number of esters is 1. The number of halogens is 1. The molecule has 84 valence electrons. The average Bonchev–Trinajstić information content (AvgIpc) is 2.33. The maximum Gasteiger partial charge on any atom is 0.338 e. The first-order valence-electron chi connectivity index (χ1n) is 5.36. The van der Waals surface area contributed by atoms with Crippen LogP contribution in [0.2, 0.25) is 0 Å². The van der Waals surface area contributed by atoms with Gasteiger partial charge in [-0.2, -0.15) is 0 Å². The van der Waals surface area contributed by atoms with E-state index >= 15 is 0 Å². The third-order valence-corrected chi connectivity index (χ3v) is 2.59. The molecule has 0 amide bonds. The van der Waals surface area contributed by atoms with Crippen LogP contribution in [0.4, 0.5) is 4.39 Å². The van der Waals surface area contributed by atoms with E-state index in [2.05, 4.69) is 0 Å². The van der Waals surface area contributed by atoms with Gasteiger partial charge in [0.05, 0.1) is 11.4 Å². The van der Waals surface area contributed by atoms with Gasteiger partial charge in [-0.1, -0.05) is 18.2 Å². The van der Waals surface area contributed by atoms with Crippen LogP contribution in [0.3, 0.4) is 0 Å². The summed E-state index contributed by atoms with van der Waals surface area (Å²) in [6.45, 7) is 0. The Hall–Kier alpha value is -1.64. The second kappa shape index (κ2) is 4.92. The topological polar surface area (TPSA) is 26.3 Å². The van der Waals surface area contributed by atoms with Crippen molar-refractivity contribution in [3.8, 4) is 0 Å². The van der Waals surface area contributed by atoms with Gasteiger partial charge in [-0.15, -0.1) is 0 Å². The largest absolute Gasteiger partial charge is 0.458 e. The minimum absolute atomic E-state index is 0.105. The van der Waals surface area contributed by atoms with E-state index in [1.165, 1.54) is 6.08 Å². The second-order valence-electron chi connectivity index (χ2n) is 3.82. The van der Waals surface area contributed by atoms with E-state index in [-0.39, 0.29) is 17.9 Å². The third-order valence-electron chi connectivity index (χ3n) is 2.59. The summed E-state index contributed by atoms with van der Waals surface area (Å²) in [5, 5.41) is 0. The molecule has 0 saturated heterocycles. The van der Waals surface area contributed by atoms with Crippen LogP contribution < -0.4 is 0 Å². The molecule has 0 spiro atoms. The van der Waals surface area contributed by atoms with Crippen molar-refractivity contribution in [3.05, 3.63) is 47.8 Å². The van der Waals surface area contributed by atoms with Crippen molar-refractivity contribution in [1.82, 2.24) is 0 Å². The quantitative estimate of drug-likeness (QED) is 0.715. The first kappa shape index (κ1) is 10.9. The number of benzene rings is 1. The Morgan fingerprint density at radius 1 is 1.31 bits per heavy atom. The van der Waals surface area contributed by atoms with Gasteiger partial charge < -0.3 is 4.74 Å². The lowest BCUT2D eigenvalue weighted by molar-refractivity contribution is 0.0272. The van der Waals surface area contributed by atoms with E-state index in [0.29, 0.717) is 24.8 Å². The third kappa shape index (κ3) is 2.69. The Morgan fingerprint density at radius 2 is 2.06 bits per heavy atom. The molecule has 1 aromatic carbocycles. The molecule has 0 radical (unpaired) electrons. The number of ether oxygens (including phenoxy) is 1. The summed E-state index contributed by atoms with van der Waals surface area (Å²) in [5.41, 5.74) is 0.539. The van der Waals surface area contributed by atoms with Crippen LogP contribution in [-0.2, 0) is 4.74 Å². The van der Waals surface area contributed by atoms with Crippen LogP contribution in [0.5, 0.6) is 0 Å². The molecule has 2 nitrogen and oxygen atoms in total. The molecule has 0 N–H and O–H groups in total. The number of hydrogen-bond acceptors (Lipinski definition) is 2. The zero-order valence-electron chi connectivity index (χ0n) is 8.86. The van der Waals surface area contributed by atoms with Crippen LogP contribution in [0, 0.1) is 0 Å². The summed E-state index contributed by atoms with van der Waals surface area (Å²) < 4.78 is 18.0. The van der Waals surface area contributed by atoms with Crippen LogP contribution in [0.1, 0.15) is 29.6 Å². The van der Waals surface area contributed by atoms with Gasteiger partial charge in [0.1, 0.15) is 6.10 Å². The van der Waals surface area contributed by atoms with Gasteiger partial charge >= 0.3 is 5.97 Å². The van der Waals surface area contributed by atoms with Crippen LogP contribution in [0.25, 0.3) is 0 Å². The molecule has 1 atom stereocenters. The van der Waals surface area contributed by atoms with Gasteiger partial charge in [0.15, 0.2) is 0 Å². The van der Waals surface area contributed by atoms with Crippen molar-refractivity contribution >= 4 is 5.97 Å². The fourth-order valence-electron chi connectivity index (χ4n) is 1.68. The van der Waals surface area contributed by atoms with Crippen molar-refractivity contribution in [3.63, 3.8) is 0 Å². The summed E-state index contributed by atoms with van der Waals surface area (Å²) >= 11 is 0. The maximum absolute atomic E-state index is 12.7. The van der Waals surface area contributed by atoms with Crippen LogP contribution in [0.15, 0.2) is 42.2 Å². The fourth-order valence-corrected chi connectivity index (χ4v) is 1.68. The maximum atomic E-state index is 12.7. The smallest absolute Gasteiger partial charge is 0.338 e. The molecular weight excluding hydrogens is 207 g/mol. The van der Waals surface area contributed by atoms with Crippen molar-refractivity contribution in [1.29, 1.82) is 0 Å². The standard InChI is InChI=1S/C13H13FO2/c14-11-6-8-12(9-7-11)16-13(15)10-4-2-1-3-5-10/h1-6,12H,7-9H2. The summed E-state index contributed by atoms with van der Waals surface area (Å²) in [6, 6.07) is 8.84. The lowest BCUT2D eigenvalue weighted by Crippen LogP contribution is -2.19. The molecule has 0 aliphatic heterocycles. The number of rotatable bonds is 2. The fraction of sp³-hybridized carbons (Fsp3) is 0.308. The van der Waals surface area contributed by atoms with Crippen LogP contribution in [-0.4, -0.2) is 12.1 Å². The van der Waals surface area contributed by atoms with Crippen molar-refractivity contribution in [2.24, 2.45) is 0 Å². The predicted molar refractivity (Wildman–Crippen MR) is 58.7 cm³/mol.